The average molecular weight is 260 g/mol. The second-order valence-electron chi connectivity index (χ2n) is 3.60. The molecule has 1 fully saturated rings. The Labute approximate surface area is 98.9 Å². The number of carbonyl (C=O) groups is 1. The zero-order valence-corrected chi connectivity index (χ0v) is 9.96. The topological polar surface area (TPSA) is 54.5 Å². The van der Waals surface area contributed by atoms with Crippen LogP contribution in [0.1, 0.15) is 12.0 Å². The van der Waals surface area contributed by atoms with Crippen molar-refractivity contribution in [3.05, 3.63) is 34.9 Å². The van der Waals surface area contributed by atoms with Crippen molar-refractivity contribution in [2.24, 2.45) is 0 Å². The average Bonchev–Trinajstić information content (AvgIpc) is 2.45. The van der Waals surface area contributed by atoms with Crippen molar-refractivity contribution in [2.45, 2.75) is 13.0 Å². The van der Waals surface area contributed by atoms with Crippen molar-refractivity contribution in [2.75, 3.05) is 5.75 Å². The molecule has 0 aliphatic carbocycles. The number of sulfonamides is 1. The van der Waals surface area contributed by atoms with E-state index >= 15 is 0 Å². The van der Waals surface area contributed by atoms with Gasteiger partial charge in [-0.15, -0.1) is 0 Å². The minimum absolute atomic E-state index is 0.0712. The van der Waals surface area contributed by atoms with Gasteiger partial charge in [0, 0.05) is 11.4 Å². The summed E-state index contributed by atoms with van der Waals surface area (Å²) in [4.78, 5) is 11.4. The van der Waals surface area contributed by atoms with Crippen molar-refractivity contribution in [1.82, 2.24) is 4.31 Å². The minimum Gasteiger partial charge on any atom is -0.274 e. The number of amides is 1. The van der Waals surface area contributed by atoms with E-state index in [1.807, 2.05) is 0 Å². The van der Waals surface area contributed by atoms with Crippen LogP contribution in [-0.4, -0.2) is 24.4 Å². The fraction of sp³-hybridized carbons (Fsp3) is 0.300. The lowest BCUT2D eigenvalue weighted by Gasteiger charge is -2.14. The lowest BCUT2D eigenvalue weighted by atomic mass is 10.2. The molecule has 0 aromatic heterocycles. The number of hydrogen-bond acceptors (Lipinski definition) is 3. The molecular weight excluding hydrogens is 250 g/mol. The SMILES string of the molecule is O=C1CCS(=O)(=O)N1Cc1cccc(Cl)c1. The lowest BCUT2D eigenvalue weighted by Crippen LogP contribution is -2.28. The van der Waals surface area contributed by atoms with Crippen molar-refractivity contribution >= 4 is 27.5 Å². The number of rotatable bonds is 2. The van der Waals surface area contributed by atoms with Crippen LogP contribution in [-0.2, 0) is 21.4 Å². The van der Waals surface area contributed by atoms with E-state index in [0.717, 1.165) is 4.31 Å². The second-order valence-corrected chi connectivity index (χ2v) is 6.05. The van der Waals surface area contributed by atoms with E-state index in [-0.39, 0.29) is 24.6 Å². The van der Waals surface area contributed by atoms with Crippen LogP contribution < -0.4 is 0 Å². The Balaban J connectivity index is 2.25. The van der Waals surface area contributed by atoms with Gasteiger partial charge >= 0.3 is 0 Å². The van der Waals surface area contributed by atoms with Crippen LogP contribution in [0, 0.1) is 0 Å². The number of hydrogen-bond donors (Lipinski definition) is 0. The maximum absolute atomic E-state index is 11.5. The molecule has 2 rings (SSSR count). The third-order valence-corrected chi connectivity index (χ3v) is 4.36. The van der Waals surface area contributed by atoms with Crippen molar-refractivity contribution < 1.29 is 13.2 Å². The summed E-state index contributed by atoms with van der Waals surface area (Å²) in [5.41, 5.74) is 0.714. The van der Waals surface area contributed by atoms with Gasteiger partial charge < -0.3 is 0 Å². The first-order valence-electron chi connectivity index (χ1n) is 4.77. The monoisotopic (exact) mass is 259 g/mol. The summed E-state index contributed by atoms with van der Waals surface area (Å²) in [6.07, 6.45) is 0.0723. The molecule has 16 heavy (non-hydrogen) atoms. The zero-order valence-electron chi connectivity index (χ0n) is 8.39. The molecule has 6 heteroatoms. The number of nitrogens with zero attached hydrogens (tertiary/aromatic N) is 1. The highest BCUT2D eigenvalue weighted by Crippen LogP contribution is 2.20. The molecule has 1 saturated heterocycles. The summed E-state index contributed by atoms with van der Waals surface area (Å²) in [7, 11) is -3.41. The molecule has 1 heterocycles. The fourth-order valence-electron chi connectivity index (χ4n) is 1.59. The summed E-state index contributed by atoms with van der Waals surface area (Å²) in [5.74, 6) is -0.438. The molecule has 1 aromatic carbocycles. The largest absolute Gasteiger partial charge is 0.274 e. The van der Waals surface area contributed by atoms with E-state index in [1.165, 1.54) is 0 Å². The maximum Gasteiger partial charge on any atom is 0.238 e. The van der Waals surface area contributed by atoms with Gasteiger partial charge in [0.15, 0.2) is 0 Å². The summed E-state index contributed by atoms with van der Waals surface area (Å²) in [6.45, 7) is 0.0712. The normalized spacial score (nSPS) is 19.1. The zero-order chi connectivity index (χ0) is 11.8. The minimum atomic E-state index is -3.41. The van der Waals surface area contributed by atoms with Gasteiger partial charge in [0.05, 0.1) is 12.3 Å². The van der Waals surface area contributed by atoms with E-state index in [0.29, 0.717) is 10.6 Å². The van der Waals surface area contributed by atoms with Gasteiger partial charge in [-0.1, -0.05) is 23.7 Å². The Morgan fingerprint density at radius 3 is 2.69 bits per heavy atom. The first kappa shape index (κ1) is 11.4. The fourth-order valence-corrected chi connectivity index (χ4v) is 3.21. The van der Waals surface area contributed by atoms with E-state index in [9.17, 15) is 13.2 Å². The molecule has 0 saturated carbocycles. The lowest BCUT2D eigenvalue weighted by molar-refractivity contribution is -0.125. The Morgan fingerprint density at radius 1 is 1.38 bits per heavy atom. The van der Waals surface area contributed by atoms with Crippen LogP contribution in [0.3, 0.4) is 0 Å². The predicted molar refractivity (Wildman–Crippen MR) is 60.4 cm³/mol. The van der Waals surface area contributed by atoms with Gasteiger partial charge in [0.1, 0.15) is 0 Å². The molecule has 4 nitrogen and oxygen atoms in total. The molecule has 0 radical (unpaired) electrons. The molecule has 1 amide bonds. The highest BCUT2D eigenvalue weighted by Gasteiger charge is 2.34. The van der Waals surface area contributed by atoms with E-state index in [4.69, 9.17) is 11.6 Å². The van der Waals surface area contributed by atoms with Crippen LogP contribution in [0.5, 0.6) is 0 Å². The first-order valence-corrected chi connectivity index (χ1v) is 6.75. The van der Waals surface area contributed by atoms with Crippen molar-refractivity contribution in [3.63, 3.8) is 0 Å². The highest BCUT2D eigenvalue weighted by molar-refractivity contribution is 7.90. The van der Waals surface area contributed by atoms with E-state index in [2.05, 4.69) is 0 Å². The molecule has 0 spiro atoms. The third kappa shape index (κ3) is 2.20. The van der Waals surface area contributed by atoms with Crippen LogP contribution in [0.15, 0.2) is 24.3 Å². The third-order valence-electron chi connectivity index (χ3n) is 2.40. The summed E-state index contributed by atoms with van der Waals surface area (Å²) in [6, 6.07) is 6.83. The van der Waals surface area contributed by atoms with E-state index in [1.54, 1.807) is 24.3 Å². The molecule has 1 aliphatic heterocycles. The number of benzene rings is 1. The van der Waals surface area contributed by atoms with Gasteiger partial charge in [-0.25, -0.2) is 12.7 Å². The summed E-state index contributed by atoms with van der Waals surface area (Å²) in [5, 5.41) is 0.529. The van der Waals surface area contributed by atoms with Gasteiger partial charge in [-0.3, -0.25) is 4.79 Å². The smallest absolute Gasteiger partial charge is 0.238 e. The second kappa shape index (κ2) is 4.07. The number of carbonyl (C=O) groups excluding carboxylic acids is 1. The summed E-state index contributed by atoms with van der Waals surface area (Å²) < 4.78 is 24.0. The summed E-state index contributed by atoms with van der Waals surface area (Å²) >= 11 is 5.78. The molecule has 0 unspecified atom stereocenters. The van der Waals surface area contributed by atoms with E-state index < -0.39 is 10.0 Å². The first-order chi connectivity index (χ1) is 7.49. The maximum atomic E-state index is 11.5. The molecule has 0 bridgehead atoms. The molecule has 0 N–H and O–H groups in total. The van der Waals surface area contributed by atoms with Gasteiger partial charge in [-0.05, 0) is 17.7 Å². The van der Waals surface area contributed by atoms with Gasteiger partial charge in [0.25, 0.3) is 0 Å². The predicted octanol–water partition coefficient (Wildman–Crippen LogP) is 1.40. The molecule has 0 atom stereocenters. The highest BCUT2D eigenvalue weighted by atomic mass is 35.5. The van der Waals surface area contributed by atoms with Crippen molar-refractivity contribution in [1.29, 1.82) is 0 Å². The Morgan fingerprint density at radius 2 is 2.12 bits per heavy atom. The van der Waals surface area contributed by atoms with Crippen molar-refractivity contribution in [3.8, 4) is 0 Å². The van der Waals surface area contributed by atoms with Crippen LogP contribution in [0.25, 0.3) is 0 Å². The molecule has 86 valence electrons. The quantitative estimate of drug-likeness (QED) is 0.807. The molecule has 1 aromatic rings. The van der Waals surface area contributed by atoms with Gasteiger partial charge in [-0.2, -0.15) is 0 Å². The van der Waals surface area contributed by atoms with Gasteiger partial charge in [0.2, 0.25) is 15.9 Å². The standard InChI is InChI=1S/C10H10ClNO3S/c11-9-3-1-2-8(6-9)7-12-10(13)4-5-16(12,14)15/h1-3,6H,4-5,7H2. The Bertz CT molecular complexity index is 527. The Kier molecular flexibility index (Phi) is 2.90. The number of halogens is 1. The Hall–Kier alpha value is -1.07. The van der Waals surface area contributed by atoms with Crippen LogP contribution in [0.4, 0.5) is 0 Å². The van der Waals surface area contributed by atoms with Crippen LogP contribution in [0.2, 0.25) is 5.02 Å². The van der Waals surface area contributed by atoms with Crippen LogP contribution >= 0.6 is 11.6 Å². The molecular formula is C10H10ClNO3S. The molecule has 1 aliphatic rings.